The molecule has 1 amide bonds. The first kappa shape index (κ1) is 15.7. The maximum Gasteiger partial charge on any atom is 0.289 e. The average molecular weight is 318 g/mol. The molecular weight excluding hydrogens is 296 g/mol. The monoisotopic (exact) mass is 318 g/mol. The van der Waals surface area contributed by atoms with Crippen molar-refractivity contribution in [1.82, 2.24) is 19.7 Å². The van der Waals surface area contributed by atoms with Crippen LogP contribution in [-0.4, -0.2) is 45.3 Å². The van der Waals surface area contributed by atoms with E-state index in [1.54, 1.807) is 11.2 Å². The van der Waals surface area contributed by atoms with Crippen LogP contribution in [0.4, 0.5) is 0 Å². The number of nitrogens with zero attached hydrogens (tertiary/aromatic N) is 4. The number of hydrogen-bond acceptors (Lipinski definition) is 5. The van der Waals surface area contributed by atoms with Gasteiger partial charge in [-0.15, -0.1) is 10.2 Å². The molecule has 0 saturated carbocycles. The molecule has 2 aromatic heterocycles. The highest BCUT2D eigenvalue weighted by atomic mass is 16.5. The first-order chi connectivity index (χ1) is 11.1. The van der Waals surface area contributed by atoms with E-state index in [4.69, 9.17) is 9.15 Å². The molecule has 2 aromatic rings. The Kier molecular flexibility index (Phi) is 4.47. The number of hydrogen-bond donors (Lipinski definition) is 0. The molecule has 1 aliphatic heterocycles. The minimum atomic E-state index is -0.253. The minimum absolute atomic E-state index is 0.0938. The summed E-state index contributed by atoms with van der Waals surface area (Å²) in [6.45, 7) is 8.26. The SMILES string of the molecule is CCc1oc(C(=O)N2CCOC(c3nncn3CC)C2)cc1C. The minimum Gasteiger partial charge on any atom is -0.456 e. The van der Waals surface area contributed by atoms with Crippen LogP contribution in [0.15, 0.2) is 16.8 Å². The Morgan fingerprint density at radius 3 is 2.96 bits per heavy atom. The number of morpholine rings is 1. The zero-order chi connectivity index (χ0) is 16.4. The standard InChI is InChI=1S/C16H22N4O3/c1-4-12-11(3)8-13(23-12)16(21)20-6-7-22-14(9-20)15-18-17-10-19(15)5-2/h8,10,14H,4-7,9H2,1-3H3. The Morgan fingerprint density at radius 1 is 1.43 bits per heavy atom. The van der Waals surface area contributed by atoms with Gasteiger partial charge in [-0.2, -0.15) is 0 Å². The molecule has 1 saturated heterocycles. The predicted molar refractivity (Wildman–Crippen MR) is 83.1 cm³/mol. The third kappa shape index (κ3) is 3.01. The van der Waals surface area contributed by atoms with Gasteiger partial charge in [-0.25, -0.2) is 0 Å². The fraction of sp³-hybridized carbons (Fsp3) is 0.562. The van der Waals surface area contributed by atoms with Crippen LogP contribution in [0, 0.1) is 6.92 Å². The quantitative estimate of drug-likeness (QED) is 0.862. The second-order valence-electron chi connectivity index (χ2n) is 5.66. The molecule has 1 aliphatic rings. The Bertz CT molecular complexity index is 691. The number of furan rings is 1. The summed E-state index contributed by atoms with van der Waals surface area (Å²) >= 11 is 0. The lowest BCUT2D eigenvalue weighted by Gasteiger charge is -2.31. The third-order valence-electron chi connectivity index (χ3n) is 4.18. The number of ether oxygens (including phenoxy) is 1. The van der Waals surface area contributed by atoms with Gasteiger partial charge in [0.15, 0.2) is 11.6 Å². The summed E-state index contributed by atoms with van der Waals surface area (Å²) in [7, 11) is 0. The third-order valence-corrected chi connectivity index (χ3v) is 4.18. The van der Waals surface area contributed by atoms with Crippen molar-refractivity contribution in [2.45, 2.75) is 39.8 Å². The fourth-order valence-corrected chi connectivity index (χ4v) is 2.88. The molecule has 0 radical (unpaired) electrons. The molecule has 0 N–H and O–H groups in total. The van der Waals surface area contributed by atoms with E-state index in [1.807, 2.05) is 31.4 Å². The molecule has 0 spiro atoms. The number of carbonyl (C=O) groups excluding carboxylic acids is 1. The summed E-state index contributed by atoms with van der Waals surface area (Å²) < 4.78 is 13.4. The van der Waals surface area contributed by atoms with E-state index in [0.717, 1.165) is 30.1 Å². The van der Waals surface area contributed by atoms with Crippen LogP contribution in [0.25, 0.3) is 0 Å². The van der Waals surface area contributed by atoms with Gasteiger partial charge in [0.2, 0.25) is 0 Å². The smallest absolute Gasteiger partial charge is 0.289 e. The van der Waals surface area contributed by atoms with Crippen molar-refractivity contribution in [3.63, 3.8) is 0 Å². The second-order valence-corrected chi connectivity index (χ2v) is 5.66. The molecular formula is C16H22N4O3. The molecule has 3 heterocycles. The lowest BCUT2D eigenvalue weighted by atomic mass is 10.2. The number of carbonyl (C=O) groups is 1. The van der Waals surface area contributed by atoms with Crippen LogP contribution >= 0.6 is 0 Å². The highest BCUT2D eigenvalue weighted by Gasteiger charge is 2.30. The van der Waals surface area contributed by atoms with Crippen molar-refractivity contribution >= 4 is 5.91 Å². The van der Waals surface area contributed by atoms with Crippen LogP contribution in [0.1, 0.15) is 47.7 Å². The van der Waals surface area contributed by atoms with E-state index < -0.39 is 0 Å². The normalized spacial score (nSPS) is 18.4. The average Bonchev–Trinajstić information content (AvgIpc) is 3.20. The highest BCUT2D eigenvalue weighted by Crippen LogP contribution is 2.23. The zero-order valence-corrected chi connectivity index (χ0v) is 13.8. The fourth-order valence-electron chi connectivity index (χ4n) is 2.88. The van der Waals surface area contributed by atoms with Gasteiger partial charge in [-0.1, -0.05) is 6.92 Å². The maximum absolute atomic E-state index is 12.7. The molecule has 23 heavy (non-hydrogen) atoms. The molecule has 7 heteroatoms. The van der Waals surface area contributed by atoms with Gasteiger partial charge >= 0.3 is 0 Å². The van der Waals surface area contributed by atoms with Crippen molar-refractivity contribution in [1.29, 1.82) is 0 Å². The summed E-state index contributed by atoms with van der Waals surface area (Å²) in [5.41, 5.74) is 1.02. The summed E-state index contributed by atoms with van der Waals surface area (Å²) in [6, 6.07) is 1.82. The van der Waals surface area contributed by atoms with Crippen LogP contribution in [0.3, 0.4) is 0 Å². The molecule has 7 nitrogen and oxygen atoms in total. The van der Waals surface area contributed by atoms with Gasteiger partial charge in [0.25, 0.3) is 5.91 Å². The van der Waals surface area contributed by atoms with E-state index in [1.165, 1.54) is 0 Å². The molecule has 1 atom stereocenters. The Labute approximate surface area is 135 Å². The lowest BCUT2D eigenvalue weighted by molar-refractivity contribution is -0.0293. The molecule has 1 unspecified atom stereocenters. The molecule has 0 aromatic carbocycles. The van der Waals surface area contributed by atoms with E-state index in [9.17, 15) is 4.79 Å². The number of aryl methyl sites for hydroxylation is 3. The van der Waals surface area contributed by atoms with Gasteiger partial charge < -0.3 is 18.6 Å². The lowest BCUT2D eigenvalue weighted by Crippen LogP contribution is -2.42. The van der Waals surface area contributed by atoms with E-state index >= 15 is 0 Å². The Balaban J connectivity index is 1.76. The number of aromatic nitrogens is 3. The van der Waals surface area contributed by atoms with Gasteiger partial charge in [0, 0.05) is 19.5 Å². The topological polar surface area (TPSA) is 73.4 Å². The van der Waals surface area contributed by atoms with Crippen molar-refractivity contribution in [2.24, 2.45) is 0 Å². The van der Waals surface area contributed by atoms with Gasteiger partial charge in [-0.3, -0.25) is 4.79 Å². The van der Waals surface area contributed by atoms with Crippen LogP contribution in [0.5, 0.6) is 0 Å². The first-order valence-corrected chi connectivity index (χ1v) is 8.01. The van der Waals surface area contributed by atoms with Crippen molar-refractivity contribution in [3.05, 3.63) is 35.3 Å². The van der Waals surface area contributed by atoms with Crippen LogP contribution in [-0.2, 0) is 17.7 Å². The Hall–Kier alpha value is -2.15. The maximum atomic E-state index is 12.7. The molecule has 3 rings (SSSR count). The Morgan fingerprint density at radius 2 is 2.26 bits per heavy atom. The van der Waals surface area contributed by atoms with Crippen molar-refractivity contribution in [3.8, 4) is 0 Å². The molecule has 124 valence electrons. The largest absolute Gasteiger partial charge is 0.456 e. The molecule has 1 fully saturated rings. The second kappa shape index (κ2) is 6.54. The summed E-state index contributed by atoms with van der Waals surface area (Å²) in [5, 5.41) is 8.07. The van der Waals surface area contributed by atoms with Gasteiger partial charge in [-0.05, 0) is 25.5 Å². The van der Waals surface area contributed by atoms with Crippen molar-refractivity contribution in [2.75, 3.05) is 19.7 Å². The van der Waals surface area contributed by atoms with Crippen LogP contribution < -0.4 is 0 Å². The van der Waals surface area contributed by atoms with E-state index in [0.29, 0.717) is 25.5 Å². The zero-order valence-electron chi connectivity index (χ0n) is 13.8. The van der Waals surface area contributed by atoms with E-state index in [2.05, 4.69) is 10.2 Å². The number of rotatable bonds is 4. The predicted octanol–water partition coefficient (Wildman–Crippen LogP) is 1.98. The van der Waals surface area contributed by atoms with Crippen LogP contribution in [0.2, 0.25) is 0 Å². The molecule has 0 bridgehead atoms. The number of amides is 1. The first-order valence-electron chi connectivity index (χ1n) is 8.01. The summed E-state index contributed by atoms with van der Waals surface area (Å²) in [5.74, 6) is 1.93. The van der Waals surface area contributed by atoms with Gasteiger partial charge in [0.1, 0.15) is 18.2 Å². The molecule has 0 aliphatic carbocycles. The van der Waals surface area contributed by atoms with E-state index in [-0.39, 0.29) is 12.0 Å². The van der Waals surface area contributed by atoms with Crippen molar-refractivity contribution < 1.29 is 13.9 Å². The van der Waals surface area contributed by atoms with Gasteiger partial charge in [0.05, 0.1) is 13.2 Å². The highest BCUT2D eigenvalue weighted by molar-refractivity contribution is 5.91. The summed E-state index contributed by atoms with van der Waals surface area (Å²) in [4.78, 5) is 14.4. The summed E-state index contributed by atoms with van der Waals surface area (Å²) in [6.07, 6.45) is 2.21.